The lowest BCUT2D eigenvalue weighted by Crippen LogP contribution is -2.36. The van der Waals surface area contributed by atoms with Gasteiger partial charge in [-0.05, 0) is 46.2 Å². The van der Waals surface area contributed by atoms with E-state index in [1.165, 1.54) is 0 Å². The lowest BCUT2D eigenvalue weighted by molar-refractivity contribution is 0.0683. The predicted octanol–water partition coefficient (Wildman–Crippen LogP) is 3.75. The summed E-state index contributed by atoms with van der Waals surface area (Å²) in [5.74, 6) is 2.57. The third kappa shape index (κ3) is 8.17. The van der Waals surface area contributed by atoms with Gasteiger partial charge in [-0.1, -0.05) is 17.3 Å². The lowest BCUT2D eigenvalue weighted by atomic mass is 10.1. The minimum atomic E-state index is -0.192. The minimum Gasteiger partial charge on any atom is -0.494 e. The van der Waals surface area contributed by atoms with Crippen LogP contribution < -0.4 is 15.4 Å². The van der Waals surface area contributed by atoms with Crippen LogP contribution in [0.25, 0.3) is 0 Å². The standard InChI is InChI=1S/C20H31N5O3.HI/c1-6-21-20(22-12-16-10-9-14(4)11-17(16)27-8-3)23-13-18-24-19(25-28-18)15(5)26-7-2;/h9-11,15H,6-8,12-13H2,1-5H3,(H2,21,22,23);1H. The third-order valence-corrected chi connectivity index (χ3v) is 3.95. The van der Waals surface area contributed by atoms with Crippen molar-refractivity contribution >= 4 is 29.9 Å². The van der Waals surface area contributed by atoms with Gasteiger partial charge < -0.3 is 24.6 Å². The number of nitrogens with zero attached hydrogens (tertiary/aromatic N) is 3. The van der Waals surface area contributed by atoms with Crippen LogP contribution in [0.1, 0.15) is 56.6 Å². The molecule has 0 aliphatic carbocycles. The zero-order valence-electron chi connectivity index (χ0n) is 17.8. The van der Waals surface area contributed by atoms with Crippen molar-refractivity contribution in [2.75, 3.05) is 19.8 Å². The van der Waals surface area contributed by atoms with Gasteiger partial charge in [-0.25, -0.2) is 4.99 Å². The van der Waals surface area contributed by atoms with Crippen LogP contribution >= 0.6 is 24.0 Å². The summed E-state index contributed by atoms with van der Waals surface area (Å²) in [7, 11) is 0. The van der Waals surface area contributed by atoms with E-state index in [0.29, 0.717) is 44.0 Å². The van der Waals surface area contributed by atoms with Gasteiger partial charge in [-0.3, -0.25) is 0 Å². The van der Waals surface area contributed by atoms with E-state index < -0.39 is 0 Å². The number of halogens is 1. The van der Waals surface area contributed by atoms with E-state index >= 15 is 0 Å². The number of benzene rings is 1. The highest BCUT2D eigenvalue weighted by atomic mass is 127. The van der Waals surface area contributed by atoms with Crippen LogP contribution in [0.5, 0.6) is 5.75 Å². The normalized spacial score (nSPS) is 12.2. The molecule has 1 aromatic heterocycles. The Bertz CT molecular complexity index is 766. The number of hydrogen-bond donors (Lipinski definition) is 2. The van der Waals surface area contributed by atoms with E-state index in [0.717, 1.165) is 23.4 Å². The van der Waals surface area contributed by atoms with Gasteiger partial charge in [0.1, 0.15) is 11.9 Å². The van der Waals surface area contributed by atoms with Gasteiger partial charge in [0.2, 0.25) is 5.89 Å². The van der Waals surface area contributed by atoms with Crippen molar-refractivity contribution in [3.8, 4) is 5.75 Å². The molecule has 8 nitrogen and oxygen atoms in total. The summed E-state index contributed by atoms with van der Waals surface area (Å²) in [6.45, 7) is 12.7. The second-order valence-electron chi connectivity index (χ2n) is 6.24. The molecule has 29 heavy (non-hydrogen) atoms. The summed E-state index contributed by atoms with van der Waals surface area (Å²) in [4.78, 5) is 9.00. The number of rotatable bonds is 10. The van der Waals surface area contributed by atoms with Crippen LogP contribution in [0, 0.1) is 6.92 Å². The number of ether oxygens (including phenoxy) is 2. The summed E-state index contributed by atoms with van der Waals surface area (Å²) >= 11 is 0. The maximum atomic E-state index is 5.73. The molecule has 0 radical (unpaired) electrons. The van der Waals surface area contributed by atoms with Crippen molar-refractivity contribution < 1.29 is 14.0 Å². The van der Waals surface area contributed by atoms with E-state index in [1.54, 1.807) is 0 Å². The first-order valence-corrected chi connectivity index (χ1v) is 9.75. The molecule has 0 spiro atoms. The van der Waals surface area contributed by atoms with Crippen LogP contribution in [0.3, 0.4) is 0 Å². The molecule has 0 aliphatic heterocycles. The molecule has 0 fully saturated rings. The number of guanidine groups is 1. The van der Waals surface area contributed by atoms with E-state index in [9.17, 15) is 0 Å². The fourth-order valence-electron chi connectivity index (χ4n) is 2.58. The molecule has 9 heteroatoms. The van der Waals surface area contributed by atoms with Crippen molar-refractivity contribution in [2.45, 2.75) is 53.8 Å². The first kappa shape index (κ1) is 25.2. The molecule has 162 valence electrons. The second kappa shape index (κ2) is 13.4. The molecular formula is C20H32IN5O3. The fourth-order valence-corrected chi connectivity index (χ4v) is 2.58. The Labute approximate surface area is 189 Å². The Morgan fingerprint density at radius 1 is 1.21 bits per heavy atom. The van der Waals surface area contributed by atoms with Crippen LogP contribution in [-0.2, 0) is 17.8 Å². The van der Waals surface area contributed by atoms with Crippen LogP contribution in [0.2, 0.25) is 0 Å². The topological polar surface area (TPSA) is 93.8 Å². The SMILES string of the molecule is CCNC(=NCc1ccc(C)cc1OCC)NCc1nc(C(C)OCC)no1.I. The van der Waals surface area contributed by atoms with Gasteiger partial charge in [0.25, 0.3) is 0 Å². The molecule has 1 atom stereocenters. The lowest BCUT2D eigenvalue weighted by Gasteiger charge is -2.12. The van der Waals surface area contributed by atoms with E-state index in [-0.39, 0.29) is 30.1 Å². The van der Waals surface area contributed by atoms with Crippen molar-refractivity contribution in [1.29, 1.82) is 0 Å². The summed E-state index contributed by atoms with van der Waals surface area (Å²) < 4.78 is 16.5. The Balaban J connectivity index is 0.00000420. The number of aromatic nitrogens is 2. The number of aryl methyl sites for hydroxylation is 1. The second-order valence-corrected chi connectivity index (χ2v) is 6.24. The van der Waals surface area contributed by atoms with Crippen molar-refractivity contribution in [3.63, 3.8) is 0 Å². The maximum Gasteiger partial charge on any atom is 0.246 e. The maximum absolute atomic E-state index is 5.73. The largest absolute Gasteiger partial charge is 0.494 e. The molecule has 0 aliphatic rings. The zero-order valence-corrected chi connectivity index (χ0v) is 20.1. The van der Waals surface area contributed by atoms with Crippen LogP contribution in [-0.4, -0.2) is 35.9 Å². The van der Waals surface area contributed by atoms with Gasteiger partial charge in [0, 0.05) is 18.7 Å². The van der Waals surface area contributed by atoms with Crippen molar-refractivity contribution in [1.82, 2.24) is 20.8 Å². The molecular weight excluding hydrogens is 485 g/mol. The van der Waals surface area contributed by atoms with Gasteiger partial charge >= 0.3 is 0 Å². The molecule has 0 amide bonds. The first-order valence-electron chi connectivity index (χ1n) is 9.75. The molecule has 0 bridgehead atoms. The molecule has 1 aromatic carbocycles. The average molecular weight is 517 g/mol. The van der Waals surface area contributed by atoms with E-state index in [1.807, 2.05) is 46.8 Å². The van der Waals surface area contributed by atoms with Gasteiger partial charge in [-0.2, -0.15) is 4.98 Å². The molecule has 0 saturated heterocycles. The smallest absolute Gasteiger partial charge is 0.246 e. The number of nitrogens with one attached hydrogen (secondary N) is 2. The quantitative estimate of drug-likeness (QED) is 0.282. The van der Waals surface area contributed by atoms with Gasteiger partial charge in [0.15, 0.2) is 11.8 Å². The molecule has 1 unspecified atom stereocenters. The predicted molar refractivity (Wildman–Crippen MR) is 124 cm³/mol. The molecule has 2 aromatic rings. The van der Waals surface area contributed by atoms with Crippen LogP contribution in [0.15, 0.2) is 27.7 Å². The summed E-state index contributed by atoms with van der Waals surface area (Å²) in [6, 6.07) is 6.15. The first-order chi connectivity index (χ1) is 13.6. The van der Waals surface area contributed by atoms with Gasteiger partial charge in [0.05, 0.1) is 19.7 Å². The number of aliphatic imine (C=N–C) groups is 1. The highest BCUT2D eigenvalue weighted by molar-refractivity contribution is 14.0. The summed E-state index contributed by atoms with van der Waals surface area (Å²) in [5, 5.41) is 10.4. The highest BCUT2D eigenvalue weighted by Gasteiger charge is 2.14. The molecule has 1 heterocycles. The Morgan fingerprint density at radius 2 is 2.00 bits per heavy atom. The highest BCUT2D eigenvalue weighted by Crippen LogP contribution is 2.21. The zero-order chi connectivity index (χ0) is 20.4. The monoisotopic (exact) mass is 517 g/mol. The molecule has 2 N–H and O–H groups in total. The molecule has 2 rings (SSSR count). The minimum absolute atomic E-state index is 0. The van der Waals surface area contributed by atoms with Crippen molar-refractivity contribution in [3.05, 3.63) is 41.0 Å². The number of hydrogen-bond acceptors (Lipinski definition) is 6. The van der Waals surface area contributed by atoms with E-state index in [4.69, 9.17) is 14.0 Å². The Morgan fingerprint density at radius 3 is 2.69 bits per heavy atom. The van der Waals surface area contributed by atoms with Crippen LogP contribution in [0.4, 0.5) is 0 Å². The Hall–Kier alpha value is -1.88. The Kier molecular flexibility index (Phi) is 11.6. The van der Waals surface area contributed by atoms with Crippen molar-refractivity contribution in [2.24, 2.45) is 4.99 Å². The summed E-state index contributed by atoms with van der Waals surface area (Å²) in [5.41, 5.74) is 2.20. The molecule has 0 saturated carbocycles. The summed E-state index contributed by atoms with van der Waals surface area (Å²) in [6.07, 6.45) is -0.192. The fraction of sp³-hybridized carbons (Fsp3) is 0.550. The van der Waals surface area contributed by atoms with Gasteiger partial charge in [-0.15, -0.1) is 24.0 Å². The van der Waals surface area contributed by atoms with E-state index in [2.05, 4.69) is 31.8 Å². The average Bonchev–Trinajstić information content (AvgIpc) is 3.15. The third-order valence-electron chi connectivity index (χ3n) is 3.95.